The number of halogens is 1. The summed E-state index contributed by atoms with van der Waals surface area (Å²) in [5.74, 6) is -1.37. The molecule has 0 atom stereocenters. The number of rotatable bonds is 8. The van der Waals surface area contributed by atoms with Gasteiger partial charge in [-0.15, -0.1) is 0 Å². The molecule has 2 aromatic carbocycles. The van der Waals surface area contributed by atoms with E-state index in [2.05, 4.69) is 5.32 Å². The Morgan fingerprint density at radius 1 is 1.03 bits per heavy atom. The third-order valence-corrected chi connectivity index (χ3v) is 6.33. The van der Waals surface area contributed by atoms with Crippen molar-refractivity contribution in [1.82, 2.24) is 9.21 Å². The largest absolute Gasteiger partial charge is 0.332 e. The Kier molecular flexibility index (Phi) is 7.46. The molecule has 2 rings (SSSR count). The Balaban J connectivity index is 2.11. The first-order valence-electron chi connectivity index (χ1n) is 9.10. The summed E-state index contributed by atoms with van der Waals surface area (Å²) in [6.07, 6.45) is 0. The molecule has 0 bridgehead atoms. The van der Waals surface area contributed by atoms with Crippen LogP contribution in [0.4, 0.5) is 10.1 Å². The number of benzene rings is 2. The zero-order valence-electron chi connectivity index (χ0n) is 16.6. The second kappa shape index (κ2) is 9.62. The van der Waals surface area contributed by atoms with E-state index in [1.165, 1.54) is 64.8 Å². The number of anilines is 1. The van der Waals surface area contributed by atoms with Crippen LogP contribution < -0.4 is 5.32 Å². The maximum absolute atomic E-state index is 12.9. The molecule has 0 aliphatic heterocycles. The molecule has 0 saturated carbocycles. The maximum atomic E-state index is 12.9. The number of nitrogens with zero attached hydrogens (tertiary/aromatic N) is 2. The molecule has 0 fully saturated rings. The van der Waals surface area contributed by atoms with E-state index in [0.29, 0.717) is 18.8 Å². The standard InChI is InChI=1S/C20H24FN3O4S/c1-4-24(5-2)29(27,28)18-8-6-7-15(13-18)20(26)23(3)14-19(25)22-17-11-9-16(21)10-12-17/h6-13H,4-5,14H2,1-3H3,(H,22,25). The van der Waals surface area contributed by atoms with Gasteiger partial charge < -0.3 is 10.2 Å². The summed E-state index contributed by atoms with van der Waals surface area (Å²) in [5, 5.41) is 2.57. The summed E-state index contributed by atoms with van der Waals surface area (Å²) in [5.41, 5.74) is 0.569. The molecule has 0 spiro atoms. The molecular formula is C20H24FN3O4S. The van der Waals surface area contributed by atoms with Gasteiger partial charge in [0.25, 0.3) is 5.91 Å². The lowest BCUT2D eigenvalue weighted by atomic mass is 10.2. The van der Waals surface area contributed by atoms with Gasteiger partial charge in [0.1, 0.15) is 5.82 Å². The van der Waals surface area contributed by atoms with E-state index in [4.69, 9.17) is 0 Å². The number of likely N-dealkylation sites (N-methyl/N-ethyl adjacent to an activating group) is 1. The summed E-state index contributed by atoms with van der Waals surface area (Å²) in [7, 11) is -2.25. The molecule has 0 heterocycles. The Hall–Kier alpha value is -2.78. The number of carbonyl (C=O) groups excluding carboxylic acids is 2. The highest BCUT2D eigenvalue weighted by Gasteiger charge is 2.23. The van der Waals surface area contributed by atoms with Crippen molar-refractivity contribution in [3.05, 3.63) is 59.9 Å². The molecule has 2 amide bonds. The number of amides is 2. The highest BCUT2D eigenvalue weighted by molar-refractivity contribution is 7.89. The lowest BCUT2D eigenvalue weighted by molar-refractivity contribution is -0.116. The van der Waals surface area contributed by atoms with Gasteiger partial charge >= 0.3 is 0 Å². The Bertz CT molecular complexity index is 973. The molecule has 2 aromatic rings. The van der Waals surface area contributed by atoms with Gasteiger partial charge in [0.2, 0.25) is 15.9 Å². The van der Waals surface area contributed by atoms with Crippen molar-refractivity contribution in [1.29, 1.82) is 0 Å². The van der Waals surface area contributed by atoms with E-state index in [1.807, 2.05) is 0 Å². The van der Waals surface area contributed by atoms with E-state index in [-0.39, 0.29) is 17.0 Å². The molecule has 0 unspecified atom stereocenters. The predicted molar refractivity (Wildman–Crippen MR) is 109 cm³/mol. The van der Waals surface area contributed by atoms with Crippen molar-refractivity contribution in [3.63, 3.8) is 0 Å². The topological polar surface area (TPSA) is 86.8 Å². The minimum Gasteiger partial charge on any atom is -0.332 e. The molecule has 7 nitrogen and oxygen atoms in total. The summed E-state index contributed by atoms with van der Waals surface area (Å²) < 4.78 is 39.5. The molecule has 0 saturated heterocycles. The van der Waals surface area contributed by atoms with Crippen molar-refractivity contribution < 1.29 is 22.4 Å². The Morgan fingerprint density at radius 2 is 1.66 bits per heavy atom. The lowest BCUT2D eigenvalue weighted by Gasteiger charge is -2.20. The number of hydrogen-bond donors (Lipinski definition) is 1. The average Bonchev–Trinajstić information content (AvgIpc) is 2.70. The SMILES string of the molecule is CCN(CC)S(=O)(=O)c1cccc(C(=O)N(C)CC(=O)Nc2ccc(F)cc2)c1. The van der Waals surface area contributed by atoms with E-state index >= 15 is 0 Å². The van der Waals surface area contributed by atoms with E-state index in [9.17, 15) is 22.4 Å². The van der Waals surface area contributed by atoms with Crippen molar-refractivity contribution in [3.8, 4) is 0 Å². The molecule has 29 heavy (non-hydrogen) atoms. The predicted octanol–water partition coefficient (Wildman–Crippen LogP) is 2.57. The fourth-order valence-electron chi connectivity index (χ4n) is 2.74. The van der Waals surface area contributed by atoms with Gasteiger partial charge in [-0.1, -0.05) is 19.9 Å². The minimum absolute atomic E-state index is 0.0243. The van der Waals surface area contributed by atoms with Crippen LogP contribution >= 0.6 is 0 Å². The first kappa shape index (κ1) is 22.5. The lowest BCUT2D eigenvalue weighted by Crippen LogP contribution is -2.35. The molecule has 0 aromatic heterocycles. The van der Waals surface area contributed by atoms with E-state index < -0.39 is 27.7 Å². The van der Waals surface area contributed by atoms with Crippen LogP contribution in [0, 0.1) is 5.82 Å². The maximum Gasteiger partial charge on any atom is 0.254 e. The first-order chi connectivity index (χ1) is 13.7. The van der Waals surface area contributed by atoms with Gasteiger partial charge in [0.05, 0.1) is 11.4 Å². The summed E-state index contributed by atoms with van der Waals surface area (Å²) in [6.45, 7) is 3.87. The zero-order valence-corrected chi connectivity index (χ0v) is 17.4. The molecule has 9 heteroatoms. The fourth-order valence-corrected chi connectivity index (χ4v) is 4.25. The van der Waals surface area contributed by atoms with Gasteiger partial charge in [-0.25, -0.2) is 12.8 Å². The van der Waals surface area contributed by atoms with Crippen LogP contribution in [0.2, 0.25) is 0 Å². The number of carbonyl (C=O) groups is 2. The minimum atomic E-state index is -3.70. The quantitative estimate of drug-likeness (QED) is 0.710. The normalized spacial score (nSPS) is 11.3. The van der Waals surface area contributed by atoms with Crippen LogP contribution in [0.1, 0.15) is 24.2 Å². The summed E-state index contributed by atoms with van der Waals surface area (Å²) in [6, 6.07) is 11.0. The van der Waals surface area contributed by atoms with Gasteiger partial charge in [-0.05, 0) is 42.5 Å². The van der Waals surface area contributed by atoms with Crippen LogP contribution in [-0.4, -0.2) is 56.1 Å². The Morgan fingerprint density at radius 3 is 2.24 bits per heavy atom. The zero-order chi connectivity index (χ0) is 21.6. The molecule has 1 N–H and O–H groups in total. The van der Waals surface area contributed by atoms with Crippen LogP contribution in [0.3, 0.4) is 0 Å². The highest BCUT2D eigenvalue weighted by Crippen LogP contribution is 2.18. The van der Waals surface area contributed by atoms with Crippen molar-refractivity contribution in [2.75, 3.05) is 32.0 Å². The second-order valence-electron chi connectivity index (χ2n) is 6.33. The number of hydrogen-bond acceptors (Lipinski definition) is 4. The van der Waals surface area contributed by atoms with E-state index in [1.54, 1.807) is 13.8 Å². The number of sulfonamides is 1. The average molecular weight is 421 g/mol. The monoisotopic (exact) mass is 421 g/mol. The third-order valence-electron chi connectivity index (χ3n) is 4.28. The van der Waals surface area contributed by atoms with Gasteiger partial charge in [0, 0.05) is 31.4 Å². The van der Waals surface area contributed by atoms with E-state index in [0.717, 1.165) is 0 Å². The van der Waals surface area contributed by atoms with Crippen molar-refractivity contribution >= 4 is 27.5 Å². The van der Waals surface area contributed by atoms with Crippen LogP contribution in [0.5, 0.6) is 0 Å². The number of nitrogens with one attached hydrogen (secondary N) is 1. The van der Waals surface area contributed by atoms with Crippen molar-refractivity contribution in [2.24, 2.45) is 0 Å². The molecule has 0 radical (unpaired) electrons. The smallest absolute Gasteiger partial charge is 0.254 e. The van der Waals surface area contributed by atoms with Crippen LogP contribution in [0.15, 0.2) is 53.4 Å². The fraction of sp³-hybridized carbons (Fsp3) is 0.300. The molecule has 0 aliphatic carbocycles. The first-order valence-corrected chi connectivity index (χ1v) is 10.5. The second-order valence-corrected chi connectivity index (χ2v) is 8.27. The Labute approximate surface area is 170 Å². The van der Waals surface area contributed by atoms with Gasteiger partial charge in [-0.3, -0.25) is 9.59 Å². The molecular weight excluding hydrogens is 397 g/mol. The summed E-state index contributed by atoms with van der Waals surface area (Å²) >= 11 is 0. The van der Waals surface area contributed by atoms with Crippen molar-refractivity contribution in [2.45, 2.75) is 18.7 Å². The molecule has 156 valence electrons. The van der Waals surface area contributed by atoms with Gasteiger partial charge in [-0.2, -0.15) is 4.31 Å². The van der Waals surface area contributed by atoms with Crippen LogP contribution in [0.25, 0.3) is 0 Å². The summed E-state index contributed by atoms with van der Waals surface area (Å²) in [4.78, 5) is 26.0. The highest BCUT2D eigenvalue weighted by atomic mass is 32.2. The van der Waals surface area contributed by atoms with Gasteiger partial charge in [0.15, 0.2) is 0 Å². The third kappa shape index (κ3) is 5.61. The van der Waals surface area contributed by atoms with Crippen LogP contribution in [-0.2, 0) is 14.8 Å². The molecule has 0 aliphatic rings.